The van der Waals surface area contributed by atoms with E-state index < -0.39 is 11.9 Å². The van der Waals surface area contributed by atoms with E-state index in [0.717, 1.165) is 12.5 Å². The van der Waals surface area contributed by atoms with Gasteiger partial charge in [-0.05, 0) is 38.1 Å². The zero-order valence-corrected chi connectivity index (χ0v) is 14.4. The van der Waals surface area contributed by atoms with E-state index in [2.05, 4.69) is 0 Å². The van der Waals surface area contributed by atoms with E-state index in [1.807, 2.05) is 12.1 Å². The number of carbonyl (C=O) groups is 2. The average Bonchev–Trinajstić information content (AvgIpc) is 2.66. The minimum Gasteiger partial charge on any atom is -0.423 e. The average molecular weight is 354 g/mol. The fourth-order valence-corrected chi connectivity index (χ4v) is 1.65. The predicted octanol–water partition coefficient (Wildman–Crippen LogP) is 3.95. The summed E-state index contributed by atoms with van der Waals surface area (Å²) in [5.74, 6) is -0.316. The summed E-state index contributed by atoms with van der Waals surface area (Å²) in [6.07, 6.45) is 2.16. The molecule has 26 heavy (non-hydrogen) atoms. The molecule has 0 aliphatic rings. The first kappa shape index (κ1) is 18.8. The molecule has 0 saturated heterocycles. The van der Waals surface area contributed by atoms with Crippen molar-refractivity contribution < 1.29 is 28.8 Å². The standard InChI is InChI=1S/C20H18O6/c1-15(19(21)25-17-9-5-3-6-10-17)13-23-24-14-16(2)20(22)26-18-11-7-4-8-12-18/h3-14H,1-2H3. The fraction of sp³-hybridized carbons (Fsp3) is 0.100. The third kappa shape index (κ3) is 6.16. The maximum absolute atomic E-state index is 11.8. The molecule has 0 bridgehead atoms. The van der Waals surface area contributed by atoms with E-state index in [-0.39, 0.29) is 11.1 Å². The molecule has 0 fully saturated rings. The van der Waals surface area contributed by atoms with E-state index in [9.17, 15) is 9.59 Å². The Morgan fingerprint density at radius 1 is 0.654 bits per heavy atom. The van der Waals surface area contributed by atoms with Crippen LogP contribution in [0, 0.1) is 0 Å². The lowest BCUT2D eigenvalue weighted by molar-refractivity contribution is -0.198. The van der Waals surface area contributed by atoms with Crippen LogP contribution in [-0.4, -0.2) is 11.9 Å². The number of esters is 2. The molecule has 0 heterocycles. The normalized spacial score (nSPS) is 11.5. The van der Waals surface area contributed by atoms with Crippen molar-refractivity contribution in [2.24, 2.45) is 0 Å². The number of rotatable bonds is 7. The Bertz CT molecular complexity index is 724. The van der Waals surface area contributed by atoms with Gasteiger partial charge in [-0.2, -0.15) is 0 Å². The van der Waals surface area contributed by atoms with Gasteiger partial charge in [-0.25, -0.2) is 9.59 Å². The summed E-state index contributed by atoms with van der Waals surface area (Å²) < 4.78 is 10.3. The number of benzene rings is 2. The minimum atomic E-state index is -0.580. The van der Waals surface area contributed by atoms with Crippen LogP contribution in [0.25, 0.3) is 0 Å². The van der Waals surface area contributed by atoms with Gasteiger partial charge in [-0.3, -0.25) is 9.78 Å². The molecule has 2 aromatic carbocycles. The van der Waals surface area contributed by atoms with E-state index in [4.69, 9.17) is 19.2 Å². The molecule has 0 radical (unpaired) electrons. The molecule has 2 aromatic rings. The van der Waals surface area contributed by atoms with Gasteiger partial charge < -0.3 is 9.47 Å². The quantitative estimate of drug-likeness (QED) is 0.143. The molecule has 0 aliphatic heterocycles. The number of hydrogen-bond donors (Lipinski definition) is 0. The fourth-order valence-electron chi connectivity index (χ4n) is 1.65. The molecule has 6 heteroatoms. The smallest absolute Gasteiger partial charge is 0.342 e. The second kappa shape index (κ2) is 9.68. The molecular weight excluding hydrogens is 336 g/mol. The summed E-state index contributed by atoms with van der Waals surface area (Å²) in [5.41, 5.74) is 0.374. The summed E-state index contributed by atoms with van der Waals surface area (Å²) in [5, 5.41) is 0. The van der Waals surface area contributed by atoms with Crippen molar-refractivity contribution in [2.45, 2.75) is 13.8 Å². The van der Waals surface area contributed by atoms with Crippen LogP contribution in [0.5, 0.6) is 11.5 Å². The van der Waals surface area contributed by atoms with Gasteiger partial charge in [-0.15, -0.1) is 0 Å². The zero-order chi connectivity index (χ0) is 18.8. The van der Waals surface area contributed by atoms with Gasteiger partial charge in [-0.1, -0.05) is 36.4 Å². The predicted molar refractivity (Wildman–Crippen MR) is 93.8 cm³/mol. The Kier molecular flexibility index (Phi) is 7.00. The lowest BCUT2D eigenvalue weighted by atomic mass is 10.3. The molecule has 2 rings (SSSR count). The summed E-state index contributed by atoms with van der Waals surface area (Å²) in [6, 6.07) is 17.3. The van der Waals surface area contributed by atoms with Crippen molar-refractivity contribution >= 4 is 11.9 Å². The highest BCUT2D eigenvalue weighted by Gasteiger charge is 2.09. The molecular formula is C20H18O6. The summed E-state index contributed by atoms with van der Waals surface area (Å²) in [4.78, 5) is 33.2. The molecule has 0 aromatic heterocycles. The van der Waals surface area contributed by atoms with Crippen LogP contribution >= 0.6 is 0 Å². The highest BCUT2D eigenvalue weighted by molar-refractivity contribution is 5.89. The van der Waals surface area contributed by atoms with E-state index >= 15 is 0 Å². The third-order valence-electron chi connectivity index (χ3n) is 3.06. The Labute approximate surface area is 151 Å². The molecule has 0 saturated carbocycles. The number of ether oxygens (including phenoxy) is 2. The summed E-state index contributed by atoms with van der Waals surface area (Å²) in [6.45, 7) is 3.02. The Morgan fingerprint density at radius 3 is 1.35 bits per heavy atom. The highest BCUT2D eigenvalue weighted by Crippen LogP contribution is 2.12. The molecule has 6 nitrogen and oxygen atoms in total. The van der Waals surface area contributed by atoms with Crippen molar-refractivity contribution in [1.29, 1.82) is 0 Å². The first-order valence-electron chi connectivity index (χ1n) is 7.76. The van der Waals surface area contributed by atoms with Crippen molar-refractivity contribution in [3.63, 3.8) is 0 Å². The van der Waals surface area contributed by atoms with E-state index in [1.165, 1.54) is 13.8 Å². The van der Waals surface area contributed by atoms with Gasteiger partial charge >= 0.3 is 11.9 Å². The monoisotopic (exact) mass is 354 g/mol. The van der Waals surface area contributed by atoms with Crippen LogP contribution in [0.3, 0.4) is 0 Å². The second-order valence-corrected chi connectivity index (χ2v) is 5.20. The SMILES string of the molecule is CC(=COOC=C(C)C(=O)Oc1ccccc1)C(=O)Oc1ccccc1. The van der Waals surface area contributed by atoms with Gasteiger partial charge in [0.15, 0.2) is 12.5 Å². The van der Waals surface area contributed by atoms with Crippen molar-refractivity contribution in [2.75, 3.05) is 0 Å². The molecule has 0 unspecified atom stereocenters. The molecule has 0 amide bonds. The summed E-state index contributed by atoms with van der Waals surface area (Å²) in [7, 11) is 0. The van der Waals surface area contributed by atoms with E-state index in [0.29, 0.717) is 11.5 Å². The topological polar surface area (TPSA) is 71.1 Å². The molecule has 0 spiro atoms. The largest absolute Gasteiger partial charge is 0.423 e. The van der Waals surface area contributed by atoms with Crippen LogP contribution in [-0.2, 0) is 19.4 Å². The molecule has 0 atom stereocenters. The molecule has 134 valence electrons. The van der Waals surface area contributed by atoms with E-state index in [1.54, 1.807) is 48.5 Å². The molecule has 0 aliphatic carbocycles. The van der Waals surface area contributed by atoms with Crippen LogP contribution < -0.4 is 9.47 Å². The lowest BCUT2D eigenvalue weighted by Gasteiger charge is -2.05. The van der Waals surface area contributed by atoms with Gasteiger partial charge in [0.1, 0.15) is 11.5 Å². The minimum absolute atomic E-state index is 0.187. The van der Waals surface area contributed by atoms with Crippen LogP contribution in [0.4, 0.5) is 0 Å². The maximum Gasteiger partial charge on any atom is 0.342 e. The van der Waals surface area contributed by atoms with Crippen molar-refractivity contribution in [3.8, 4) is 11.5 Å². The number of carbonyl (C=O) groups excluding carboxylic acids is 2. The zero-order valence-electron chi connectivity index (χ0n) is 14.4. The summed E-state index contributed by atoms with van der Waals surface area (Å²) >= 11 is 0. The Morgan fingerprint density at radius 2 is 1.00 bits per heavy atom. The highest BCUT2D eigenvalue weighted by atomic mass is 17.2. The third-order valence-corrected chi connectivity index (χ3v) is 3.06. The van der Waals surface area contributed by atoms with Crippen molar-refractivity contribution in [1.82, 2.24) is 0 Å². The Balaban J connectivity index is 1.79. The van der Waals surface area contributed by atoms with Crippen LogP contribution in [0.2, 0.25) is 0 Å². The second-order valence-electron chi connectivity index (χ2n) is 5.20. The van der Waals surface area contributed by atoms with Crippen LogP contribution in [0.1, 0.15) is 13.8 Å². The van der Waals surface area contributed by atoms with Gasteiger partial charge in [0.05, 0.1) is 11.1 Å². The van der Waals surface area contributed by atoms with Crippen LogP contribution in [0.15, 0.2) is 84.3 Å². The lowest BCUT2D eigenvalue weighted by Crippen LogP contribution is -2.10. The number of para-hydroxylation sites is 2. The first-order valence-corrected chi connectivity index (χ1v) is 7.76. The van der Waals surface area contributed by atoms with Gasteiger partial charge in [0.25, 0.3) is 0 Å². The number of hydrogen-bond acceptors (Lipinski definition) is 6. The van der Waals surface area contributed by atoms with Crippen molar-refractivity contribution in [3.05, 3.63) is 84.3 Å². The molecule has 0 N–H and O–H groups in total. The first-order chi connectivity index (χ1) is 12.6. The van der Waals surface area contributed by atoms with Gasteiger partial charge in [0, 0.05) is 0 Å². The Hall–Kier alpha value is -3.54. The van der Waals surface area contributed by atoms with Gasteiger partial charge in [0.2, 0.25) is 0 Å². The maximum atomic E-state index is 11.8.